The lowest BCUT2D eigenvalue weighted by Gasteiger charge is -2.09. The second-order valence-electron chi connectivity index (χ2n) is 2.56. The molecule has 0 amide bonds. The number of carbonyl (C=O) groups is 1. The van der Waals surface area contributed by atoms with Gasteiger partial charge in [0.15, 0.2) is 0 Å². The first-order valence-electron chi connectivity index (χ1n) is 3.95. The number of benzene rings is 1. The number of hydrogen-bond donors (Lipinski definition) is 3. The van der Waals surface area contributed by atoms with Crippen LogP contribution in [-0.2, 0) is 0 Å². The third kappa shape index (κ3) is 2.32. The molecule has 0 aliphatic heterocycles. The van der Waals surface area contributed by atoms with Crippen LogP contribution in [0.1, 0.15) is 10.4 Å². The molecule has 1 aromatic rings. The first kappa shape index (κ1) is 10.7. The summed E-state index contributed by atoms with van der Waals surface area (Å²) in [5, 5.41) is 11.7. The minimum atomic E-state index is -0.972. The Morgan fingerprint density at radius 2 is 2.36 bits per heavy atom. The summed E-state index contributed by atoms with van der Waals surface area (Å²) in [6, 6.07) is 4.63. The fourth-order valence-electron chi connectivity index (χ4n) is 1.06. The van der Waals surface area contributed by atoms with Gasteiger partial charge in [-0.25, -0.2) is 4.79 Å². The summed E-state index contributed by atoms with van der Waals surface area (Å²) in [5.74, 6) is -0.0114. The Morgan fingerprint density at radius 3 is 2.86 bits per heavy atom. The molecular weight excluding hydrogens is 202 g/mol. The van der Waals surface area contributed by atoms with Gasteiger partial charge < -0.3 is 15.2 Å². The molecule has 0 fully saturated rings. The van der Waals surface area contributed by atoms with Crippen molar-refractivity contribution in [1.82, 2.24) is 0 Å². The number of nitrogens with one attached hydrogen (secondary N) is 1. The topological polar surface area (TPSA) is 58.6 Å². The highest BCUT2D eigenvalue weighted by molar-refractivity contribution is 7.80. The number of aromatic carboxylic acids is 1. The molecule has 1 rings (SSSR count). The molecule has 0 radical (unpaired) electrons. The molecular formula is C9H11NO3S. The second kappa shape index (κ2) is 4.76. The van der Waals surface area contributed by atoms with Gasteiger partial charge in [-0.15, -0.1) is 0 Å². The third-order valence-corrected chi connectivity index (χ3v) is 1.88. The number of thiol groups is 1. The fraction of sp³-hybridized carbons (Fsp3) is 0.222. The summed E-state index contributed by atoms with van der Waals surface area (Å²) in [6.07, 6.45) is 0. The molecule has 1 aromatic carbocycles. The molecule has 0 aliphatic rings. The number of rotatable bonds is 4. The van der Waals surface area contributed by atoms with Crippen LogP contribution < -0.4 is 10.1 Å². The van der Waals surface area contributed by atoms with Crippen LogP contribution in [0.25, 0.3) is 0 Å². The Balaban J connectivity index is 3.04. The number of ether oxygens (including phenoxy) is 1. The van der Waals surface area contributed by atoms with Crippen LogP contribution in [0.3, 0.4) is 0 Å². The normalized spacial score (nSPS) is 9.57. The first-order chi connectivity index (χ1) is 6.69. The highest BCUT2D eigenvalue weighted by Crippen LogP contribution is 2.25. The predicted molar refractivity (Wildman–Crippen MR) is 57.4 cm³/mol. The Hall–Kier alpha value is -1.36. The van der Waals surface area contributed by atoms with Gasteiger partial charge >= 0.3 is 5.97 Å². The maximum absolute atomic E-state index is 10.6. The molecule has 0 aromatic heterocycles. The van der Waals surface area contributed by atoms with E-state index in [2.05, 4.69) is 17.9 Å². The van der Waals surface area contributed by atoms with E-state index in [1.54, 1.807) is 6.07 Å². The summed E-state index contributed by atoms with van der Waals surface area (Å²) in [5.41, 5.74) is 0.930. The van der Waals surface area contributed by atoms with Gasteiger partial charge in [0.1, 0.15) is 5.75 Å². The van der Waals surface area contributed by atoms with E-state index in [4.69, 9.17) is 9.84 Å². The van der Waals surface area contributed by atoms with Crippen molar-refractivity contribution < 1.29 is 14.6 Å². The number of carboxylic acid groups (broad SMARTS) is 1. The van der Waals surface area contributed by atoms with Gasteiger partial charge in [-0.3, -0.25) is 0 Å². The van der Waals surface area contributed by atoms with Crippen molar-refractivity contribution >= 4 is 24.3 Å². The fourth-order valence-corrected chi connectivity index (χ4v) is 1.23. The lowest BCUT2D eigenvalue weighted by atomic mass is 10.2. The standard InChI is InChI=1S/C9H11NO3S/c1-13-8-4-6(9(11)12)2-3-7(8)10-5-14/h2-4,10,14H,5H2,1H3,(H,11,12). The van der Waals surface area contributed by atoms with Gasteiger partial charge in [0.25, 0.3) is 0 Å². The molecule has 76 valence electrons. The summed E-state index contributed by atoms with van der Waals surface area (Å²) < 4.78 is 5.03. The van der Waals surface area contributed by atoms with Crippen LogP contribution >= 0.6 is 12.6 Å². The smallest absolute Gasteiger partial charge is 0.335 e. The van der Waals surface area contributed by atoms with Gasteiger partial charge in [-0.05, 0) is 18.2 Å². The Morgan fingerprint density at radius 1 is 1.64 bits per heavy atom. The zero-order valence-corrected chi connectivity index (χ0v) is 8.54. The summed E-state index contributed by atoms with van der Waals surface area (Å²) in [6.45, 7) is 0. The van der Waals surface area contributed by atoms with E-state index in [-0.39, 0.29) is 5.56 Å². The minimum absolute atomic E-state index is 0.201. The molecule has 0 atom stereocenters. The number of anilines is 1. The van der Waals surface area contributed by atoms with E-state index in [0.29, 0.717) is 11.6 Å². The van der Waals surface area contributed by atoms with E-state index >= 15 is 0 Å². The SMILES string of the molecule is COc1cc(C(=O)O)ccc1NCS. The number of hydrogen-bond acceptors (Lipinski definition) is 4. The molecule has 4 nitrogen and oxygen atoms in total. The average Bonchev–Trinajstić information content (AvgIpc) is 2.18. The molecule has 5 heteroatoms. The van der Waals surface area contributed by atoms with Crippen LogP contribution in [0.15, 0.2) is 18.2 Å². The van der Waals surface area contributed by atoms with Gasteiger partial charge in [0.05, 0.1) is 24.2 Å². The molecule has 2 N–H and O–H groups in total. The molecule has 14 heavy (non-hydrogen) atoms. The van der Waals surface area contributed by atoms with Crippen molar-refractivity contribution in [2.75, 3.05) is 18.3 Å². The lowest BCUT2D eigenvalue weighted by molar-refractivity contribution is 0.0696. The third-order valence-electron chi connectivity index (χ3n) is 1.72. The van der Waals surface area contributed by atoms with Crippen molar-refractivity contribution in [3.63, 3.8) is 0 Å². The molecule has 0 bridgehead atoms. The zero-order valence-electron chi connectivity index (χ0n) is 7.65. The molecule has 0 heterocycles. The second-order valence-corrected chi connectivity index (χ2v) is 2.87. The van der Waals surface area contributed by atoms with Crippen LogP contribution in [0.2, 0.25) is 0 Å². The largest absolute Gasteiger partial charge is 0.495 e. The minimum Gasteiger partial charge on any atom is -0.495 e. The van der Waals surface area contributed by atoms with E-state index in [1.165, 1.54) is 19.2 Å². The Kier molecular flexibility index (Phi) is 3.64. The first-order valence-corrected chi connectivity index (χ1v) is 4.58. The lowest BCUT2D eigenvalue weighted by Crippen LogP contribution is -2.01. The number of carboxylic acids is 1. The highest BCUT2D eigenvalue weighted by atomic mass is 32.1. The van der Waals surface area contributed by atoms with E-state index in [1.807, 2.05) is 0 Å². The van der Waals surface area contributed by atoms with Gasteiger partial charge in [-0.1, -0.05) is 0 Å². The van der Waals surface area contributed by atoms with Crippen LogP contribution in [0.4, 0.5) is 5.69 Å². The molecule has 0 saturated carbocycles. The maximum Gasteiger partial charge on any atom is 0.335 e. The summed E-state index contributed by atoms with van der Waals surface area (Å²) >= 11 is 4.00. The van der Waals surface area contributed by atoms with Crippen LogP contribution in [-0.4, -0.2) is 24.1 Å². The summed E-state index contributed by atoms with van der Waals surface area (Å²) in [4.78, 5) is 10.6. The van der Waals surface area contributed by atoms with Gasteiger partial charge in [-0.2, -0.15) is 12.6 Å². The van der Waals surface area contributed by atoms with Gasteiger partial charge in [0, 0.05) is 0 Å². The van der Waals surface area contributed by atoms with Crippen LogP contribution in [0.5, 0.6) is 5.75 Å². The molecule has 0 unspecified atom stereocenters. The quantitative estimate of drug-likeness (QED) is 0.526. The van der Waals surface area contributed by atoms with Crippen molar-refractivity contribution in [3.05, 3.63) is 23.8 Å². The van der Waals surface area contributed by atoms with E-state index < -0.39 is 5.97 Å². The van der Waals surface area contributed by atoms with Crippen molar-refractivity contribution in [3.8, 4) is 5.75 Å². The summed E-state index contributed by atoms with van der Waals surface area (Å²) in [7, 11) is 1.49. The van der Waals surface area contributed by atoms with E-state index in [0.717, 1.165) is 5.69 Å². The van der Waals surface area contributed by atoms with Crippen molar-refractivity contribution in [2.24, 2.45) is 0 Å². The van der Waals surface area contributed by atoms with Crippen LogP contribution in [0, 0.1) is 0 Å². The van der Waals surface area contributed by atoms with Crippen molar-refractivity contribution in [2.45, 2.75) is 0 Å². The average molecular weight is 213 g/mol. The predicted octanol–water partition coefficient (Wildman–Crippen LogP) is 1.69. The molecule has 0 aliphatic carbocycles. The highest BCUT2D eigenvalue weighted by Gasteiger charge is 2.07. The van der Waals surface area contributed by atoms with Gasteiger partial charge in [0.2, 0.25) is 0 Å². The monoisotopic (exact) mass is 213 g/mol. The Bertz CT molecular complexity index is 341. The Labute approximate surface area is 87.3 Å². The molecule has 0 saturated heterocycles. The van der Waals surface area contributed by atoms with E-state index in [9.17, 15) is 4.79 Å². The van der Waals surface area contributed by atoms with Crippen molar-refractivity contribution in [1.29, 1.82) is 0 Å². The molecule has 0 spiro atoms. The number of methoxy groups -OCH3 is 1. The maximum atomic E-state index is 10.6. The zero-order chi connectivity index (χ0) is 10.6.